The first-order chi connectivity index (χ1) is 9.33. The molecule has 0 spiro atoms. The molecule has 0 atom stereocenters. The number of rotatable bonds is 4. The molecule has 0 radical (unpaired) electrons. The molecule has 1 aliphatic rings. The smallest absolute Gasteiger partial charge is 0.410 e. The highest BCUT2D eigenvalue weighted by Crippen LogP contribution is 2.28. The van der Waals surface area contributed by atoms with Crippen molar-refractivity contribution < 1.29 is 9.53 Å². The highest BCUT2D eigenvalue weighted by Gasteiger charge is 2.30. The van der Waals surface area contributed by atoms with E-state index in [9.17, 15) is 4.79 Å². The van der Waals surface area contributed by atoms with Crippen LogP contribution >= 0.6 is 0 Å². The summed E-state index contributed by atoms with van der Waals surface area (Å²) in [7, 11) is 0. The predicted molar refractivity (Wildman–Crippen MR) is 82.4 cm³/mol. The molecule has 0 unspecified atom stereocenters. The molecule has 20 heavy (non-hydrogen) atoms. The van der Waals surface area contributed by atoms with Gasteiger partial charge in [-0.3, -0.25) is 0 Å². The van der Waals surface area contributed by atoms with Crippen molar-refractivity contribution in [2.45, 2.75) is 77.9 Å². The molecule has 0 aromatic carbocycles. The summed E-state index contributed by atoms with van der Waals surface area (Å²) >= 11 is 0. The minimum Gasteiger partial charge on any atom is -0.444 e. The third kappa shape index (κ3) is 5.86. The molecule has 1 aliphatic carbocycles. The van der Waals surface area contributed by atoms with Gasteiger partial charge in [-0.2, -0.15) is 0 Å². The minimum absolute atomic E-state index is 0.186. The van der Waals surface area contributed by atoms with Crippen molar-refractivity contribution in [3.8, 4) is 12.3 Å². The van der Waals surface area contributed by atoms with Crippen LogP contribution in [-0.2, 0) is 4.74 Å². The van der Waals surface area contributed by atoms with Crippen LogP contribution in [0.15, 0.2) is 0 Å². The van der Waals surface area contributed by atoms with E-state index in [4.69, 9.17) is 11.2 Å². The largest absolute Gasteiger partial charge is 0.444 e. The van der Waals surface area contributed by atoms with Crippen LogP contribution in [0.5, 0.6) is 0 Å². The first kappa shape index (κ1) is 16.9. The fourth-order valence-electron chi connectivity index (χ4n) is 2.65. The van der Waals surface area contributed by atoms with Gasteiger partial charge in [0, 0.05) is 19.0 Å². The molecule has 1 fully saturated rings. The number of ether oxygens (including phenoxy) is 1. The third-order valence-corrected chi connectivity index (χ3v) is 3.77. The fourth-order valence-corrected chi connectivity index (χ4v) is 2.65. The third-order valence-electron chi connectivity index (χ3n) is 3.77. The van der Waals surface area contributed by atoms with Crippen molar-refractivity contribution >= 4 is 6.09 Å². The lowest BCUT2D eigenvalue weighted by Gasteiger charge is -2.37. The lowest BCUT2D eigenvalue weighted by atomic mass is 9.86. The van der Waals surface area contributed by atoms with Gasteiger partial charge in [0.25, 0.3) is 0 Å². The van der Waals surface area contributed by atoms with Gasteiger partial charge in [0.15, 0.2) is 0 Å². The molecule has 0 N–H and O–H groups in total. The van der Waals surface area contributed by atoms with E-state index in [0.29, 0.717) is 19.0 Å². The molecule has 114 valence electrons. The van der Waals surface area contributed by atoms with Crippen molar-refractivity contribution in [3.63, 3.8) is 0 Å². The maximum absolute atomic E-state index is 12.4. The van der Waals surface area contributed by atoms with Gasteiger partial charge in [0.05, 0.1) is 0 Å². The number of unbranched alkanes of at least 4 members (excludes halogenated alkanes) is 1. The Kier molecular flexibility index (Phi) is 6.39. The molecule has 0 saturated heterocycles. The second kappa shape index (κ2) is 7.57. The van der Waals surface area contributed by atoms with E-state index in [1.54, 1.807) is 0 Å². The molecule has 3 nitrogen and oxygen atoms in total. The van der Waals surface area contributed by atoms with Crippen LogP contribution in [0, 0.1) is 18.3 Å². The van der Waals surface area contributed by atoms with Gasteiger partial charge < -0.3 is 9.64 Å². The van der Waals surface area contributed by atoms with Gasteiger partial charge in [-0.25, -0.2) is 4.79 Å². The lowest BCUT2D eigenvalue weighted by molar-refractivity contribution is 0.0104. The topological polar surface area (TPSA) is 29.5 Å². The van der Waals surface area contributed by atoms with Crippen LogP contribution in [0.25, 0.3) is 0 Å². The summed E-state index contributed by atoms with van der Waals surface area (Å²) in [5, 5.41) is 0. The zero-order valence-electron chi connectivity index (χ0n) is 13.4. The molecular formula is C17H29NO2. The average Bonchev–Trinajstić information content (AvgIpc) is 2.34. The molecule has 0 aromatic rings. The first-order valence-corrected chi connectivity index (χ1v) is 7.76. The van der Waals surface area contributed by atoms with Crippen molar-refractivity contribution in [1.82, 2.24) is 4.90 Å². The number of carbonyl (C=O) groups excluding carboxylic acids is 1. The molecule has 0 aliphatic heterocycles. The number of carbonyl (C=O) groups is 1. The number of hydrogen-bond acceptors (Lipinski definition) is 2. The Morgan fingerprint density at radius 3 is 2.40 bits per heavy atom. The van der Waals surface area contributed by atoms with Gasteiger partial charge >= 0.3 is 6.09 Å². The normalized spacial score (nSPS) is 22.9. The Balaban J connectivity index is 2.64. The summed E-state index contributed by atoms with van der Waals surface area (Å²) in [6.07, 6.45) is 11.2. The lowest BCUT2D eigenvalue weighted by Crippen LogP contribution is -2.45. The van der Waals surface area contributed by atoms with Crippen LogP contribution in [0.2, 0.25) is 0 Å². The van der Waals surface area contributed by atoms with E-state index in [2.05, 4.69) is 12.8 Å². The summed E-state index contributed by atoms with van der Waals surface area (Å²) in [5.74, 6) is 3.42. The fraction of sp³-hybridized carbons (Fsp3) is 0.824. The van der Waals surface area contributed by atoms with E-state index in [0.717, 1.165) is 25.2 Å². The van der Waals surface area contributed by atoms with E-state index < -0.39 is 5.60 Å². The zero-order chi connectivity index (χ0) is 15.2. The SMILES string of the molecule is C#CCCCN(C(=O)OC(C)(C)C)C1CCC(C)CC1. The van der Waals surface area contributed by atoms with Crippen LogP contribution in [0.4, 0.5) is 4.79 Å². The second-order valence-corrected chi connectivity index (χ2v) is 6.90. The quantitative estimate of drug-likeness (QED) is 0.569. The Hall–Kier alpha value is -1.17. The molecule has 3 heteroatoms. The predicted octanol–water partition coefficient (Wildman–Crippen LogP) is 4.22. The summed E-state index contributed by atoms with van der Waals surface area (Å²) in [6, 6.07) is 0.318. The maximum Gasteiger partial charge on any atom is 0.410 e. The van der Waals surface area contributed by atoms with E-state index >= 15 is 0 Å². The van der Waals surface area contributed by atoms with Gasteiger partial charge in [0.1, 0.15) is 5.60 Å². The molecule has 0 aromatic heterocycles. The molecule has 0 bridgehead atoms. The number of nitrogens with zero attached hydrogens (tertiary/aromatic N) is 1. The number of amides is 1. The first-order valence-electron chi connectivity index (χ1n) is 7.76. The number of hydrogen-bond donors (Lipinski definition) is 0. The maximum atomic E-state index is 12.4. The highest BCUT2D eigenvalue weighted by atomic mass is 16.6. The van der Waals surface area contributed by atoms with Crippen LogP contribution in [-0.4, -0.2) is 29.2 Å². The summed E-state index contributed by atoms with van der Waals surface area (Å²) in [6.45, 7) is 8.72. The molecule has 1 rings (SSSR count). The second-order valence-electron chi connectivity index (χ2n) is 6.90. The molecular weight excluding hydrogens is 250 g/mol. The highest BCUT2D eigenvalue weighted by molar-refractivity contribution is 5.68. The van der Waals surface area contributed by atoms with E-state index in [-0.39, 0.29) is 6.09 Å². The zero-order valence-corrected chi connectivity index (χ0v) is 13.4. The summed E-state index contributed by atoms with van der Waals surface area (Å²) in [4.78, 5) is 14.3. The van der Waals surface area contributed by atoms with Crippen LogP contribution < -0.4 is 0 Å². The minimum atomic E-state index is -0.441. The van der Waals surface area contributed by atoms with Crippen molar-refractivity contribution in [1.29, 1.82) is 0 Å². The Labute approximate surface area is 124 Å². The van der Waals surface area contributed by atoms with Gasteiger partial charge in [-0.15, -0.1) is 12.3 Å². The Morgan fingerprint density at radius 1 is 1.30 bits per heavy atom. The van der Waals surface area contributed by atoms with Crippen LogP contribution in [0.3, 0.4) is 0 Å². The van der Waals surface area contributed by atoms with E-state index in [1.807, 2.05) is 25.7 Å². The van der Waals surface area contributed by atoms with Crippen LogP contribution in [0.1, 0.15) is 66.2 Å². The summed E-state index contributed by atoms with van der Waals surface area (Å²) in [5.41, 5.74) is -0.441. The van der Waals surface area contributed by atoms with Crippen molar-refractivity contribution in [3.05, 3.63) is 0 Å². The summed E-state index contributed by atoms with van der Waals surface area (Å²) < 4.78 is 5.55. The number of terminal acetylenes is 1. The monoisotopic (exact) mass is 279 g/mol. The van der Waals surface area contributed by atoms with Gasteiger partial charge in [-0.05, 0) is 58.8 Å². The Bertz CT molecular complexity index is 343. The molecule has 1 saturated carbocycles. The van der Waals surface area contributed by atoms with Crippen molar-refractivity contribution in [2.75, 3.05) is 6.54 Å². The Morgan fingerprint density at radius 2 is 1.90 bits per heavy atom. The molecule has 1 amide bonds. The van der Waals surface area contributed by atoms with E-state index in [1.165, 1.54) is 12.8 Å². The standard InChI is InChI=1S/C17H29NO2/c1-6-7-8-13-18(16(19)20-17(3,4)5)15-11-9-14(2)10-12-15/h1,14-15H,7-13H2,2-5H3. The van der Waals surface area contributed by atoms with Crippen molar-refractivity contribution in [2.24, 2.45) is 5.92 Å². The average molecular weight is 279 g/mol. The van der Waals surface area contributed by atoms with Gasteiger partial charge in [0.2, 0.25) is 0 Å². The van der Waals surface area contributed by atoms with Gasteiger partial charge in [-0.1, -0.05) is 6.92 Å². The molecule has 0 heterocycles.